The maximum absolute atomic E-state index is 13.9. The quantitative estimate of drug-likeness (QED) is 0.0553. The number of amides is 1. The molecule has 2 unspecified atom stereocenters. The third-order valence-electron chi connectivity index (χ3n) is 9.01. The summed E-state index contributed by atoms with van der Waals surface area (Å²) in [7, 11) is -8.91. The molecule has 2 saturated heterocycles. The number of anilines is 2. The SMILES string of the molecule is C=CCCC(=O)N(C)C(COC(C)(C)C)C(=O)O[C@H]1[C@@H](O)[C@H](n2cnc3c(N)ncnc32)O[C@@H]1COP(=O)(O)O[C@H]1C[C@H](n2ccc(N)nc2=O)O[C@@H]1COP(=O)(O)O. The summed E-state index contributed by atoms with van der Waals surface area (Å²) in [4.78, 5) is 86.0. The molecule has 9 atom stereocenters. The monoisotopic (exact) mass is 875 g/mol. The molecule has 0 bridgehead atoms. The van der Waals surface area contributed by atoms with Crippen molar-refractivity contribution in [2.24, 2.45) is 0 Å². The van der Waals surface area contributed by atoms with Crippen LogP contribution in [0.15, 0.2) is 42.4 Å². The molecule has 3 aromatic rings. The lowest BCUT2D eigenvalue weighted by molar-refractivity contribution is -0.169. The lowest BCUT2D eigenvalue weighted by Gasteiger charge is -2.31. The van der Waals surface area contributed by atoms with Gasteiger partial charge in [0, 0.05) is 26.1 Å². The molecule has 326 valence electrons. The number of aliphatic hydroxyl groups excluding tert-OH is 1. The Hall–Kier alpha value is -4.23. The minimum atomic E-state index is -5.22. The highest BCUT2D eigenvalue weighted by Gasteiger charge is 2.50. The van der Waals surface area contributed by atoms with Crippen molar-refractivity contribution in [2.75, 3.05) is 38.3 Å². The number of allylic oxidation sites excluding steroid dienone is 1. The number of carbonyl (C=O) groups is 2. The van der Waals surface area contributed by atoms with Crippen LogP contribution >= 0.6 is 15.6 Å². The Morgan fingerprint density at radius 2 is 1.81 bits per heavy atom. The first-order valence-electron chi connectivity index (χ1n) is 17.9. The van der Waals surface area contributed by atoms with Gasteiger partial charge in [0.15, 0.2) is 29.8 Å². The molecule has 8 N–H and O–H groups in total. The number of nitrogens with two attached hydrogens (primary N) is 2. The van der Waals surface area contributed by atoms with Gasteiger partial charge in [0.2, 0.25) is 5.91 Å². The number of aromatic nitrogens is 6. The highest BCUT2D eigenvalue weighted by molar-refractivity contribution is 7.47. The second-order valence-electron chi connectivity index (χ2n) is 14.4. The van der Waals surface area contributed by atoms with Crippen LogP contribution in [0.3, 0.4) is 0 Å². The maximum Gasteiger partial charge on any atom is 0.472 e. The van der Waals surface area contributed by atoms with Crippen LogP contribution in [0.4, 0.5) is 11.6 Å². The van der Waals surface area contributed by atoms with E-state index in [0.717, 1.165) is 15.8 Å². The number of rotatable bonds is 18. The Morgan fingerprint density at radius 3 is 2.47 bits per heavy atom. The number of hydrogen-bond acceptors (Lipinski definition) is 19. The van der Waals surface area contributed by atoms with Crippen molar-refractivity contribution in [2.45, 2.75) is 94.7 Å². The van der Waals surface area contributed by atoms with Crippen LogP contribution < -0.4 is 17.2 Å². The second kappa shape index (κ2) is 18.6. The third-order valence-corrected chi connectivity index (χ3v) is 10.5. The minimum Gasteiger partial charge on any atom is -0.455 e. The van der Waals surface area contributed by atoms with Crippen LogP contribution in [0.25, 0.3) is 11.2 Å². The number of esters is 1. The Bertz CT molecular complexity index is 2140. The van der Waals surface area contributed by atoms with E-state index < -0.39 is 101 Å². The predicted molar refractivity (Wildman–Crippen MR) is 201 cm³/mol. The highest BCUT2D eigenvalue weighted by atomic mass is 31.2. The molecule has 0 radical (unpaired) electrons. The maximum atomic E-state index is 13.9. The number of ether oxygens (including phenoxy) is 4. The molecular weight excluding hydrogens is 828 g/mol. The number of carbonyl (C=O) groups excluding carboxylic acids is 2. The standard InChI is InChI=1S/C32H47N9O16P2/c1-6-7-8-22(42)39(5)17(12-51-32(2,3)4)30(44)56-26-20(55-29(25(26)43)41-16-37-24-27(34)35-15-36-28(24)41)14-53-59(49,50)57-18-11-23(40-10-9-21(33)38-31(40)45)54-19(18)13-52-58(46,47)48/h6,9-10,15-20,23,25-26,29,43H,1,7-8,11-14H2,2-5H3,(H,49,50)(H2,33,38,45)(H2,34,35,36)(H2,46,47,48)/t17?,18-,19+,20+,23+,25+,26+,29+/m0/s1. The van der Waals surface area contributed by atoms with Gasteiger partial charge in [0.25, 0.3) is 0 Å². The van der Waals surface area contributed by atoms with E-state index in [-0.39, 0.29) is 42.2 Å². The molecule has 5 rings (SSSR count). The van der Waals surface area contributed by atoms with Crippen LogP contribution in [-0.2, 0) is 51.2 Å². The van der Waals surface area contributed by atoms with Crippen molar-refractivity contribution in [3.63, 3.8) is 0 Å². The van der Waals surface area contributed by atoms with E-state index >= 15 is 0 Å². The summed E-state index contributed by atoms with van der Waals surface area (Å²) in [6, 6.07) is -0.0561. The number of imidazole rings is 1. The summed E-state index contributed by atoms with van der Waals surface area (Å²) in [5, 5.41) is 11.7. The molecule has 0 aromatic carbocycles. The average molecular weight is 876 g/mol. The van der Waals surface area contributed by atoms with E-state index in [1.807, 2.05) is 0 Å². The van der Waals surface area contributed by atoms with Crippen molar-refractivity contribution in [1.82, 2.24) is 34.0 Å². The van der Waals surface area contributed by atoms with E-state index in [1.165, 1.54) is 36.3 Å². The summed E-state index contributed by atoms with van der Waals surface area (Å²) in [5.74, 6) is -1.56. The van der Waals surface area contributed by atoms with Gasteiger partial charge in [-0.1, -0.05) is 6.08 Å². The Labute approximate surface area is 336 Å². The molecule has 3 aromatic heterocycles. The van der Waals surface area contributed by atoms with Gasteiger partial charge in [-0.15, -0.1) is 6.58 Å². The number of likely N-dealkylation sites (N-methyl/N-ethyl adjacent to an activating group) is 1. The molecule has 2 aliphatic heterocycles. The third kappa shape index (κ3) is 11.7. The number of nitrogen functional groups attached to an aromatic ring is 2. The fourth-order valence-corrected chi connectivity index (χ4v) is 7.36. The van der Waals surface area contributed by atoms with Gasteiger partial charge in [-0.2, -0.15) is 4.98 Å². The predicted octanol–water partition coefficient (Wildman–Crippen LogP) is -0.0750. The molecule has 0 saturated carbocycles. The number of nitrogens with zero attached hydrogens (tertiary/aromatic N) is 7. The van der Waals surface area contributed by atoms with Gasteiger partial charge in [-0.05, 0) is 33.3 Å². The Kier molecular flexibility index (Phi) is 14.4. The first kappa shape index (κ1) is 45.8. The zero-order valence-electron chi connectivity index (χ0n) is 32.3. The van der Waals surface area contributed by atoms with E-state index in [4.69, 9.17) is 39.5 Å². The van der Waals surface area contributed by atoms with Crippen molar-refractivity contribution in [3.8, 4) is 0 Å². The molecule has 25 nitrogen and oxygen atoms in total. The molecular formula is C32H47N9O16P2. The lowest BCUT2D eigenvalue weighted by atomic mass is 10.1. The fourth-order valence-electron chi connectivity index (χ4n) is 6.06. The van der Waals surface area contributed by atoms with E-state index in [2.05, 4.69) is 31.0 Å². The molecule has 1 amide bonds. The van der Waals surface area contributed by atoms with E-state index in [0.29, 0.717) is 6.42 Å². The van der Waals surface area contributed by atoms with Gasteiger partial charge in [-0.25, -0.2) is 33.7 Å². The van der Waals surface area contributed by atoms with Gasteiger partial charge in [-0.3, -0.25) is 27.5 Å². The van der Waals surface area contributed by atoms with E-state index in [1.54, 1.807) is 20.8 Å². The smallest absolute Gasteiger partial charge is 0.455 e. The van der Waals surface area contributed by atoms with Crippen LogP contribution in [0, 0.1) is 0 Å². The molecule has 2 aliphatic rings. The molecule has 27 heteroatoms. The average Bonchev–Trinajstić information content (AvgIpc) is 3.83. The Morgan fingerprint density at radius 1 is 1.10 bits per heavy atom. The number of phosphoric ester groups is 2. The van der Waals surface area contributed by atoms with Crippen LogP contribution in [0.1, 0.15) is 52.5 Å². The van der Waals surface area contributed by atoms with Crippen molar-refractivity contribution in [1.29, 1.82) is 0 Å². The summed E-state index contributed by atoms with van der Waals surface area (Å²) in [6.45, 7) is 6.78. The topological polar surface area (TPSA) is 348 Å². The minimum absolute atomic E-state index is 0.00785. The Balaban J connectivity index is 1.39. The van der Waals surface area contributed by atoms with Crippen LogP contribution in [-0.4, -0.2) is 135 Å². The first-order chi connectivity index (χ1) is 27.6. The molecule has 0 spiro atoms. The van der Waals surface area contributed by atoms with Crippen LogP contribution in [0.2, 0.25) is 0 Å². The van der Waals surface area contributed by atoms with Gasteiger partial charge in [0.1, 0.15) is 48.3 Å². The van der Waals surface area contributed by atoms with Gasteiger partial charge >= 0.3 is 27.3 Å². The largest absolute Gasteiger partial charge is 0.472 e. The number of phosphoric acid groups is 2. The number of aliphatic hydroxyl groups is 1. The zero-order valence-corrected chi connectivity index (χ0v) is 34.1. The first-order valence-corrected chi connectivity index (χ1v) is 20.9. The van der Waals surface area contributed by atoms with Crippen molar-refractivity contribution >= 4 is 50.3 Å². The summed E-state index contributed by atoms with van der Waals surface area (Å²) < 4.78 is 66.0. The summed E-state index contributed by atoms with van der Waals surface area (Å²) in [6.07, 6.45) is -5.31. The lowest BCUT2D eigenvalue weighted by Crippen LogP contribution is -2.50. The molecule has 2 fully saturated rings. The highest BCUT2D eigenvalue weighted by Crippen LogP contribution is 2.50. The molecule has 0 aliphatic carbocycles. The molecule has 59 heavy (non-hydrogen) atoms. The van der Waals surface area contributed by atoms with Gasteiger partial charge < -0.3 is 55.1 Å². The fraction of sp³-hybridized carbons (Fsp3) is 0.594. The van der Waals surface area contributed by atoms with Crippen molar-refractivity contribution < 1.29 is 71.0 Å². The van der Waals surface area contributed by atoms with E-state index in [9.17, 15) is 43.3 Å². The summed E-state index contributed by atoms with van der Waals surface area (Å²) >= 11 is 0. The second-order valence-corrected chi connectivity index (χ2v) is 17.1. The van der Waals surface area contributed by atoms with Gasteiger partial charge in [0.05, 0.1) is 31.7 Å². The summed E-state index contributed by atoms with van der Waals surface area (Å²) in [5.41, 5.74) is 10.2. The van der Waals surface area contributed by atoms with Crippen molar-refractivity contribution in [3.05, 3.63) is 48.1 Å². The number of fused-ring (bicyclic) bond motifs is 1. The molecule has 5 heterocycles. The normalized spacial score (nSPS) is 25.1. The van der Waals surface area contributed by atoms with Crippen LogP contribution in [0.5, 0.6) is 0 Å². The zero-order chi connectivity index (χ0) is 43.4. The number of hydrogen-bond donors (Lipinski definition) is 6.